The van der Waals surface area contributed by atoms with E-state index in [1.54, 1.807) is 17.2 Å². The maximum absolute atomic E-state index is 13.6. The number of amides is 3. The van der Waals surface area contributed by atoms with E-state index in [9.17, 15) is 27.6 Å². The topological polar surface area (TPSA) is 122 Å². The first kappa shape index (κ1) is 32.8. The molecule has 0 fully saturated rings. The molecule has 3 rings (SSSR count). The third-order valence-electron chi connectivity index (χ3n) is 6.96. The van der Waals surface area contributed by atoms with Gasteiger partial charge in [-0.1, -0.05) is 24.3 Å². The summed E-state index contributed by atoms with van der Waals surface area (Å²) in [7, 11) is 1.42. The van der Waals surface area contributed by atoms with E-state index in [4.69, 9.17) is 17.5 Å². The molecular weight excluding hydrogens is 573 g/mol. The number of para-hydroxylation sites is 1. The largest absolute Gasteiger partial charge is 0.416 e. The highest BCUT2D eigenvalue weighted by molar-refractivity contribution is 6.15. The van der Waals surface area contributed by atoms with Crippen LogP contribution < -0.4 is 20.9 Å². The van der Waals surface area contributed by atoms with E-state index in [2.05, 4.69) is 15.1 Å². The van der Waals surface area contributed by atoms with Gasteiger partial charge in [0.05, 0.1) is 5.56 Å². The molecule has 0 spiro atoms. The lowest BCUT2D eigenvalue weighted by Gasteiger charge is -2.30. The average molecular weight is 608 g/mol. The van der Waals surface area contributed by atoms with Crippen LogP contribution in [0.5, 0.6) is 0 Å². The zero-order valence-corrected chi connectivity index (χ0v) is 24.1. The van der Waals surface area contributed by atoms with Crippen molar-refractivity contribution < 1.29 is 32.5 Å². The van der Waals surface area contributed by atoms with E-state index in [0.717, 1.165) is 23.0 Å². The Morgan fingerprint density at radius 1 is 1.10 bits per heavy atom. The van der Waals surface area contributed by atoms with Crippen LogP contribution in [0.25, 0.3) is 10.9 Å². The molecule has 226 valence electrons. The lowest BCUT2D eigenvalue weighted by molar-refractivity contribution is -0.343. The molecule has 3 aromatic rings. The Labute approximate surface area is 247 Å². The molecule has 0 saturated carbocycles. The van der Waals surface area contributed by atoms with Crippen LogP contribution in [0, 0.1) is 0 Å². The first-order valence-electron chi connectivity index (χ1n) is 13.5. The molecule has 2 atom stereocenters. The molecule has 0 radical (unpaired) electrons. The number of aromatic nitrogens is 1. The Kier molecular flexibility index (Phi) is 11.7. The predicted molar refractivity (Wildman–Crippen MR) is 154 cm³/mol. The van der Waals surface area contributed by atoms with Gasteiger partial charge in [-0.25, -0.2) is 9.82 Å². The number of rotatable bonds is 13. The van der Waals surface area contributed by atoms with Gasteiger partial charge < -0.3 is 20.9 Å². The van der Waals surface area contributed by atoms with Crippen molar-refractivity contribution in [3.05, 3.63) is 71.9 Å². The third-order valence-corrected chi connectivity index (χ3v) is 7.22. The second-order valence-electron chi connectivity index (χ2n) is 9.79. The number of aromatic amines is 1. The molecule has 0 aliphatic rings. The van der Waals surface area contributed by atoms with E-state index in [-0.39, 0.29) is 25.2 Å². The van der Waals surface area contributed by atoms with Gasteiger partial charge in [-0.05, 0) is 55.0 Å². The standard InChI is InChI=1S/C29H34ClF3N6O3/c1-3-39(15-14-34)26(40)13-12-24(37-30)28(42)38(2)25(16-19-8-10-21(11-9-19)29(31,32)33)27(41)36-22-17-20-6-4-5-7-23(20)35-18-22/h4-11,17-18,24-25,37H,3,12-16,34H2,1-2H3,(H,36,41)/p+1. The maximum Gasteiger partial charge on any atom is 0.416 e. The van der Waals surface area contributed by atoms with Crippen molar-refractivity contribution in [1.29, 1.82) is 0 Å². The number of carbonyl (C=O) groups excluding carboxylic acids is 3. The van der Waals surface area contributed by atoms with Crippen LogP contribution >= 0.6 is 11.8 Å². The van der Waals surface area contributed by atoms with Crippen LogP contribution in [-0.4, -0.2) is 66.3 Å². The molecule has 13 heteroatoms. The van der Waals surface area contributed by atoms with Gasteiger partial charge in [-0.3, -0.25) is 14.4 Å². The van der Waals surface area contributed by atoms with Crippen molar-refractivity contribution in [2.45, 2.75) is 44.4 Å². The summed E-state index contributed by atoms with van der Waals surface area (Å²) in [6.45, 7) is 2.96. The molecule has 0 saturated heterocycles. The normalized spacial score (nSPS) is 12.9. The molecule has 3 amide bonds. The second-order valence-corrected chi connectivity index (χ2v) is 10.0. The Morgan fingerprint density at radius 3 is 2.40 bits per heavy atom. The summed E-state index contributed by atoms with van der Waals surface area (Å²) >= 11 is 5.90. The molecule has 9 nitrogen and oxygen atoms in total. The first-order chi connectivity index (χ1) is 20.0. The molecule has 1 aromatic heterocycles. The number of nitrogens with two attached hydrogens (primary N) is 1. The van der Waals surface area contributed by atoms with Crippen molar-refractivity contribution in [2.24, 2.45) is 5.73 Å². The van der Waals surface area contributed by atoms with Crippen molar-refractivity contribution in [2.75, 3.05) is 32.0 Å². The van der Waals surface area contributed by atoms with Gasteiger partial charge in [-0.2, -0.15) is 13.2 Å². The molecule has 0 aliphatic heterocycles. The number of anilines is 1. The van der Waals surface area contributed by atoms with Gasteiger partial charge in [0.25, 0.3) is 0 Å². The zero-order chi connectivity index (χ0) is 30.9. The third kappa shape index (κ3) is 8.63. The molecule has 2 aromatic carbocycles. The summed E-state index contributed by atoms with van der Waals surface area (Å²) in [5.41, 5.74) is 6.45. The fourth-order valence-electron chi connectivity index (χ4n) is 4.54. The van der Waals surface area contributed by atoms with E-state index in [1.807, 2.05) is 31.2 Å². The molecule has 2 unspecified atom stereocenters. The second kappa shape index (κ2) is 14.9. The number of hydrogen-bond acceptors (Lipinski definition) is 5. The Morgan fingerprint density at radius 2 is 1.79 bits per heavy atom. The number of likely N-dealkylation sites (N-methyl/N-ethyl adjacent to an activating group) is 2. The van der Waals surface area contributed by atoms with Crippen LogP contribution in [0.2, 0.25) is 0 Å². The monoisotopic (exact) mass is 607 g/mol. The predicted octanol–water partition coefficient (Wildman–Crippen LogP) is 3.38. The fraction of sp³-hybridized carbons (Fsp3) is 0.379. The number of hydrogen-bond donors (Lipinski definition) is 3. The van der Waals surface area contributed by atoms with Crippen LogP contribution in [0.4, 0.5) is 18.9 Å². The number of nitrogens with zero attached hydrogens (tertiary/aromatic N) is 2. The minimum absolute atomic E-state index is 0.0144. The number of nitrogens with one attached hydrogen (secondary N) is 3. The molecule has 0 bridgehead atoms. The molecular formula is C29H35ClF3N6O3+. The lowest BCUT2D eigenvalue weighted by atomic mass is 10.0. The van der Waals surface area contributed by atoms with Gasteiger partial charge in [0, 0.05) is 51.0 Å². The van der Waals surface area contributed by atoms with Crippen molar-refractivity contribution in [1.82, 2.24) is 14.6 Å². The summed E-state index contributed by atoms with van der Waals surface area (Å²) in [5, 5.41) is 3.64. The number of alkyl halides is 3. The number of fused-ring (bicyclic) bond motifs is 1. The number of pyridine rings is 1. The van der Waals surface area contributed by atoms with Crippen LogP contribution in [0.1, 0.15) is 30.9 Å². The smallest absolute Gasteiger partial charge is 0.342 e. The maximum atomic E-state index is 13.6. The summed E-state index contributed by atoms with van der Waals surface area (Å²) in [6.07, 6.45) is -2.91. The Bertz CT molecular complexity index is 1370. The summed E-state index contributed by atoms with van der Waals surface area (Å²) in [4.78, 5) is 47.9. The number of benzene rings is 2. The van der Waals surface area contributed by atoms with E-state index in [1.165, 1.54) is 24.1 Å². The van der Waals surface area contributed by atoms with E-state index in [0.29, 0.717) is 30.9 Å². The van der Waals surface area contributed by atoms with Crippen LogP contribution in [0.3, 0.4) is 0 Å². The average Bonchev–Trinajstić information content (AvgIpc) is 2.98. The highest BCUT2D eigenvalue weighted by atomic mass is 35.5. The van der Waals surface area contributed by atoms with Crippen LogP contribution in [0.15, 0.2) is 60.8 Å². The summed E-state index contributed by atoms with van der Waals surface area (Å²) in [5.74, 6) is -1.31. The van der Waals surface area contributed by atoms with Gasteiger partial charge in [0.1, 0.15) is 17.8 Å². The van der Waals surface area contributed by atoms with Crippen molar-refractivity contribution in [3.8, 4) is 0 Å². The van der Waals surface area contributed by atoms with Gasteiger partial charge >= 0.3 is 6.18 Å². The minimum Gasteiger partial charge on any atom is -0.342 e. The summed E-state index contributed by atoms with van der Waals surface area (Å²) in [6, 6.07) is 11.5. The highest BCUT2D eigenvalue weighted by Gasteiger charge is 2.33. The SMILES string of the molecule is CCN(CCN)C(=O)CCC(NCl)C(=O)N(C)C(Cc1ccc(C(F)(F)F)cc1)C(=O)Nc1c[nH+]c2ccccc2c1. The van der Waals surface area contributed by atoms with Gasteiger partial charge in [-0.15, -0.1) is 0 Å². The summed E-state index contributed by atoms with van der Waals surface area (Å²) < 4.78 is 39.3. The Balaban J connectivity index is 1.83. The van der Waals surface area contributed by atoms with E-state index >= 15 is 0 Å². The van der Waals surface area contributed by atoms with Crippen molar-refractivity contribution >= 4 is 46.1 Å². The molecule has 5 N–H and O–H groups in total. The Hall–Kier alpha value is -3.74. The number of H-pyrrole nitrogens is 1. The van der Waals surface area contributed by atoms with Gasteiger partial charge in [0.2, 0.25) is 23.2 Å². The van der Waals surface area contributed by atoms with E-state index < -0.39 is 35.6 Å². The number of carbonyl (C=O) groups is 3. The molecule has 0 aliphatic carbocycles. The van der Waals surface area contributed by atoms with Gasteiger partial charge in [0.15, 0.2) is 6.20 Å². The highest BCUT2D eigenvalue weighted by Crippen LogP contribution is 2.29. The minimum atomic E-state index is -4.51. The number of halogens is 4. The van der Waals surface area contributed by atoms with Crippen LogP contribution in [-0.2, 0) is 27.0 Å². The quantitative estimate of drug-likeness (QED) is 0.257. The molecule has 42 heavy (non-hydrogen) atoms. The first-order valence-corrected chi connectivity index (χ1v) is 13.8. The van der Waals surface area contributed by atoms with Crippen molar-refractivity contribution in [3.63, 3.8) is 0 Å². The lowest BCUT2D eigenvalue weighted by Crippen LogP contribution is -2.52. The molecule has 1 heterocycles. The fourth-order valence-corrected chi connectivity index (χ4v) is 4.74. The zero-order valence-electron chi connectivity index (χ0n) is 23.4.